The van der Waals surface area contributed by atoms with Crippen molar-refractivity contribution < 1.29 is 8.42 Å². The van der Waals surface area contributed by atoms with Crippen LogP contribution in [0.5, 0.6) is 0 Å². The fraction of sp³-hybridized carbons (Fsp3) is 0.571. The van der Waals surface area contributed by atoms with Gasteiger partial charge in [-0.25, -0.2) is 13.1 Å². The van der Waals surface area contributed by atoms with Crippen molar-refractivity contribution in [2.75, 3.05) is 0 Å². The molecule has 2 rings (SSSR count). The van der Waals surface area contributed by atoms with Crippen LogP contribution in [0.4, 0.5) is 0 Å². The van der Waals surface area contributed by atoms with Crippen molar-refractivity contribution in [3.63, 3.8) is 0 Å². The van der Waals surface area contributed by atoms with E-state index in [0.29, 0.717) is 16.5 Å². The molecule has 1 aliphatic rings. The normalized spacial score (nSPS) is 23.2. The number of hydrogen-bond donors (Lipinski definition) is 2. The second-order valence-electron chi connectivity index (χ2n) is 5.63. The maximum Gasteiger partial charge on any atom is 0.241 e. The summed E-state index contributed by atoms with van der Waals surface area (Å²) in [5.74, 6) is 0.572. The van der Waals surface area contributed by atoms with Gasteiger partial charge in [0, 0.05) is 17.6 Å². The Bertz CT molecular complexity index is 601. The molecular weight excluding hydrogens is 296 g/mol. The minimum Gasteiger partial charge on any atom is -0.326 e. The van der Waals surface area contributed by atoms with Crippen LogP contribution in [0.25, 0.3) is 0 Å². The SMILES string of the molecule is Cc1c(CN)cc(Cl)cc1S(=O)(=O)NC1CCC(C)C1. The van der Waals surface area contributed by atoms with Crippen LogP contribution >= 0.6 is 11.6 Å². The molecule has 1 aromatic rings. The predicted molar refractivity (Wildman–Crippen MR) is 81.2 cm³/mol. The smallest absolute Gasteiger partial charge is 0.241 e. The van der Waals surface area contributed by atoms with E-state index in [1.165, 1.54) is 6.07 Å². The van der Waals surface area contributed by atoms with E-state index in [1.807, 2.05) is 0 Å². The highest BCUT2D eigenvalue weighted by Gasteiger charge is 2.28. The Balaban J connectivity index is 2.32. The molecule has 1 aromatic carbocycles. The zero-order valence-corrected chi connectivity index (χ0v) is 13.4. The number of nitrogens with two attached hydrogens (primary N) is 1. The average molecular weight is 317 g/mol. The van der Waals surface area contributed by atoms with Gasteiger partial charge in [-0.3, -0.25) is 0 Å². The summed E-state index contributed by atoms with van der Waals surface area (Å²) in [5.41, 5.74) is 7.08. The molecule has 112 valence electrons. The van der Waals surface area contributed by atoms with Gasteiger partial charge in [0.25, 0.3) is 0 Å². The molecule has 20 heavy (non-hydrogen) atoms. The first-order valence-corrected chi connectivity index (χ1v) is 8.71. The van der Waals surface area contributed by atoms with Gasteiger partial charge in [-0.1, -0.05) is 18.5 Å². The molecule has 0 aliphatic heterocycles. The van der Waals surface area contributed by atoms with Gasteiger partial charge in [0.15, 0.2) is 0 Å². The first-order chi connectivity index (χ1) is 9.33. The van der Waals surface area contributed by atoms with Gasteiger partial charge in [0.1, 0.15) is 0 Å². The number of nitrogens with one attached hydrogen (secondary N) is 1. The Morgan fingerprint density at radius 1 is 1.40 bits per heavy atom. The van der Waals surface area contributed by atoms with Crippen LogP contribution in [-0.4, -0.2) is 14.5 Å². The van der Waals surface area contributed by atoms with E-state index in [9.17, 15) is 8.42 Å². The van der Waals surface area contributed by atoms with Crippen LogP contribution in [0.1, 0.15) is 37.3 Å². The standard InChI is InChI=1S/C14H21ClN2O2S/c1-9-3-4-13(5-9)17-20(18,19)14-7-12(15)6-11(8-16)10(14)2/h6-7,9,13,17H,3-5,8,16H2,1-2H3. The third-order valence-electron chi connectivity index (χ3n) is 3.96. The maximum atomic E-state index is 12.5. The second kappa shape index (κ2) is 6.02. The molecule has 0 radical (unpaired) electrons. The maximum absolute atomic E-state index is 12.5. The van der Waals surface area contributed by atoms with Crippen LogP contribution < -0.4 is 10.5 Å². The minimum atomic E-state index is -3.54. The van der Waals surface area contributed by atoms with Crippen molar-refractivity contribution >= 4 is 21.6 Å². The molecule has 0 heterocycles. The van der Waals surface area contributed by atoms with Crippen molar-refractivity contribution in [2.24, 2.45) is 11.7 Å². The Morgan fingerprint density at radius 2 is 2.10 bits per heavy atom. The highest BCUT2D eigenvalue weighted by molar-refractivity contribution is 7.89. The molecule has 1 fully saturated rings. The van der Waals surface area contributed by atoms with E-state index >= 15 is 0 Å². The lowest BCUT2D eigenvalue weighted by Crippen LogP contribution is -2.33. The fourth-order valence-corrected chi connectivity index (χ4v) is 4.70. The number of rotatable bonds is 4. The van der Waals surface area contributed by atoms with Crippen LogP contribution in [0.3, 0.4) is 0 Å². The third kappa shape index (κ3) is 3.34. The van der Waals surface area contributed by atoms with E-state index in [4.69, 9.17) is 17.3 Å². The molecule has 6 heteroatoms. The summed E-state index contributed by atoms with van der Waals surface area (Å²) in [5, 5.41) is 0.399. The van der Waals surface area contributed by atoms with Crippen molar-refractivity contribution in [3.8, 4) is 0 Å². The Kier molecular flexibility index (Phi) is 4.74. The summed E-state index contributed by atoms with van der Waals surface area (Å²) in [4.78, 5) is 0.241. The van der Waals surface area contributed by atoms with Crippen LogP contribution in [0, 0.1) is 12.8 Å². The topological polar surface area (TPSA) is 72.2 Å². The van der Waals surface area contributed by atoms with Gasteiger partial charge in [-0.2, -0.15) is 0 Å². The minimum absolute atomic E-state index is 0.0229. The molecular formula is C14H21ClN2O2S. The van der Waals surface area contributed by atoms with Gasteiger partial charge in [-0.15, -0.1) is 0 Å². The molecule has 0 amide bonds. The Hall–Kier alpha value is -0.620. The van der Waals surface area contributed by atoms with Gasteiger partial charge >= 0.3 is 0 Å². The molecule has 4 nitrogen and oxygen atoms in total. The molecule has 1 saturated carbocycles. The molecule has 0 bridgehead atoms. The third-order valence-corrected chi connectivity index (χ3v) is 5.82. The quantitative estimate of drug-likeness (QED) is 0.896. The van der Waals surface area contributed by atoms with Gasteiger partial charge in [0.05, 0.1) is 4.90 Å². The molecule has 0 spiro atoms. The Morgan fingerprint density at radius 3 is 2.65 bits per heavy atom. The molecule has 2 atom stereocenters. The van der Waals surface area contributed by atoms with Crippen LogP contribution in [0.15, 0.2) is 17.0 Å². The van der Waals surface area contributed by atoms with Crippen LogP contribution in [-0.2, 0) is 16.6 Å². The van der Waals surface area contributed by atoms with E-state index in [0.717, 1.165) is 24.8 Å². The summed E-state index contributed by atoms with van der Waals surface area (Å²) < 4.78 is 27.8. The van der Waals surface area contributed by atoms with E-state index in [2.05, 4.69) is 11.6 Å². The Labute approximate surface area is 125 Å². The first-order valence-electron chi connectivity index (χ1n) is 6.85. The summed E-state index contributed by atoms with van der Waals surface area (Å²) in [6.07, 6.45) is 2.85. The average Bonchev–Trinajstić information content (AvgIpc) is 2.76. The highest BCUT2D eigenvalue weighted by Crippen LogP contribution is 2.28. The van der Waals surface area contributed by atoms with E-state index in [1.54, 1.807) is 13.0 Å². The van der Waals surface area contributed by atoms with Crippen molar-refractivity contribution in [3.05, 3.63) is 28.3 Å². The molecule has 3 N–H and O–H groups in total. The fourth-order valence-electron chi connectivity index (χ4n) is 2.80. The van der Waals surface area contributed by atoms with E-state index in [-0.39, 0.29) is 17.5 Å². The van der Waals surface area contributed by atoms with E-state index < -0.39 is 10.0 Å². The summed E-state index contributed by atoms with van der Waals surface area (Å²) in [7, 11) is -3.54. The lowest BCUT2D eigenvalue weighted by molar-refractivity contribution is 0.538. The number of benzene rings is 1. The van der Waals surface area contributed by atoms with Crippen molar-refractivity contribution in [2.45, 2.75) is 50.6 Å². The van der Waals surface area contributed by atoms with Crippen molar-refractivity contribution in [1.82, 2.24) is 4.72 Å². The highest BCUT2D eigenvalue weighted by atomic mass is 35.5. The molecule has 2 unspecified atom stereocenters. The first kappa shape index (κ1) is 15.8. The molecule has 0 aromatic heterocycles. The lowest BCUT2D eigenvalue weighted by atomic mass is 10.1. The molecule has 1 aliphatic carbocycles. The van der Waals surface area contributed by atoms with Gasteiger partial charge < -0.3 is 5.73 Å². The summed E-state index contributed by atoms with van der Waals surface area (Å²) in [6, 6.07) is 3.24. The monoisotopic (exact) mass is 316 g/mol. The van der Waals surface area contributed by atoms with Gasteiger partial charge in [-0.05, 0) is 55.4 Å². The summed E-state index contributed by atoms with van der Waals surface area (Å²) >= 11 is 6.00. The predicted octanol–water partition coefficient (Wildman–Crippen LogP) is 2.57. The number of hydrogen-bond acceptors (Lipinski definition) is 3. The van der Waals surface area contributed by atoms with Gasteiger partial charge in [0.2, 0.25) is 10.0 Å². The van der Waals surface area contributed by atoms with Crippen LogP contribution in [0.2, 0.25) is 5.02 Å². The zero-order valence-electron chi connectivity index (χ0n) is 11.8. The number of sulfonamides is 1. The molecule has 0 saturated heterocycles. The zero-order chi connectivity index (χ0) is 14.9. The summed E-state index contributed by atoms with van der Waals surface area (Å²) in [6.45, 7) is 4.19. The second-order valence-corrected chi connectivity index (χ2v) is 7.75. The largest absolute Gasteiger partial charge is 0.326 e. The number of halogens is 1. The lowest BCUT2D eigenvalue weighted by Gasteiger charge is -2.16. The van der Waals surface area contributed by atoms with Crippen molar-refractivity contribution in [1.29, 1.82) is 0 Å².